The molecule has 1 atom stereocenters. The second-order valence-corrected chi connectivity index (χ2v) is 7.96. The summed E-state index contributed by atoms with van der Waals surface area (Å²) in [5, 5.41) is 18.1. The van der Waals surface area contributed by atoms with Crippen LogP contribution in [0.2, 0.25) is 0 Å². The summed E-state index contributed by atoms with van der Waals surface area (Å²) in [5.41, 5.74) is 4.55. The molecule has 9 nitrogen and oxygen atoms in total. The molecule has 2 amide bonds. The van der Waals surface area contributed by atoms with Crippen LogP contribution in [0.1, 0.15) is 24.3 Å². The van der Waals surface area contributed by atoms with E-state index in [4.69, 9.17) is 14.7 Å². The van der Waals surface area contributed by atoms with Crippen molar-refractivity contribution in [2.24, 2.45) is 0 Å². The highest BCUT2D eigenvalue weighted by Crippen LogP contribution is 2.28. The topological polar surface area (TPSA) is 125 Å². The monoisotopic (exact) mass is 461 g/mol. The first-order chi connectivity index (χ1) is 16.5. The number of hydrogen-bond acceptors (Lipinski definition) is 7. The Bertz CT molecular complexity index is 1160. The predicted octanol–water partition coefficient (Wildman–Crippen LogP) is 2.04. The van der Waals surface area contributed by atoms with Gasteiger partial charge in [-0.25, -0.2) is 9.97 Å². The molecule has 4 rings (SSSR count). The van der Waals surface area contributed by atoms with E-state index in [1.54, 1.807) is 12.1 Å². The van der Waals surface area contributed by atoms with E-state index < -0.39 is 0 Å². The molecule has 4 N–H and O–H groups in total. The van der Waals surface area contributed by atoms with Gasteiger partial charge in [0.05, 0.1) is 31.1 Å². The number of amides is 2. The van der Waals surface area contributed by atoms with Crippen LogP contribution in [-0.4, -0.2) is 53.1 Å². The van der Waals surface area contributed by atoms with Crippen molar-refractivity contribution in [2.75, 3.05) is 31.6 Å². The fourth-order valence-corrected chi connectivity index (χ4v) is 3.61. The second-order valence-electron chi connectivity index (χ2n) is 7.96. The Labute approximate surface area is 197 Å². The minimum atomic E-state index is -0.305. The molecule has 0 radical (unpaired) electrons. The molecule has 1 aromatic heterocycles. The van der Waals surface area contributed by atoms with E-state index in [1.807, 2.05) is 42.5 Å². The van der Waals surface area contributed by atoms with Gasteiger partial charge >= 0.3 is 0 Å². The van der Waals surface area contributed by atoms with Crippen molar-refractivity contribution in [3.8, 4) is 22.6 Å². The summed E-state index contributed by atoms with van der Waals surface area (Å²) in [5.74, 6) is -0.0209. The van der Waals surface area contributed by atoms with Gasteiger partial charge in [-0.3, -0.25) is 9.59 Å². The Kier molecular flexibility index (Phi) is 7.58. The number of carbonyl (C=O) groups excluding carboxylic acids is 2. The highest BCUT2D eigenvalue weighted by atomic mass is 16.5. The normalized spacial score (nSPS) is 15.5. The summed E-state index contributed by atoms with van der Waals surface area (Å²) in [7, 11) is 0. The summed E-state index contributed by atoms with van der Waals surface area (Å²) in [6, 6.07) is 16.7. The van der Waals surface area contributed by atoms with Gasteiger partial charge in [0.25, 0.3) is 0 Å². The molecule has 1 fully saturated rings. The number of carbonyl (C=O) groups is 2. The molecule has 1 unspecified atom stereocenters. The van der Waals surface area contributed by atoms with Crippen molar-refractivity contribution in [1.29, 1.82) is 0 Å². The average Bonchev–Trinajstić information content (AvgIpc) is 2.88. The van der Waals surface area contributed by atoms with Gasteiger partial charge in [0.15, 0.2) is 5.82 Å². The van der Waals surface area contributed by atoms with Gasteiger partial charge in [-0.2, -0.15) is 0 Å². The lowest BCUT2D eigenvalue weighted by atomic mass is 10.1. The molecule has 2 heterocycles. The number of aromatic nitrogens is 2. The number of benzene rings is 2. The highest BCUT2D eigenvalue weighted by Gasteiger charge is 2.20. The largest absolute Gasteiger partial charge is 0.392 e. The van der Waals surface area contributed by atoms with E-state index >= 15 is 0 Å². The fourth-order valence-electron chi connectivity index (χ4n) is 3.61. The van der Waals surface area contributed by atoms with E-state index in [1.165, 1.54) is 6.92 Å². The first-order valence-corrected chi connectivity index (χ1v) is 11.1. The SMILES string of the molecule is CC(=O)NCC(=O)Nc1ccc(-c2cc(C3CNCCO3)nc(-c3cccc(CO)c3)n2)cc1. The van der Waals surface area contributed by atoms with Crippen LogP contribution in [-0.2, 0) is 20.9 Å². The van der Waals surface area contributed by atoms with Crippen LogP contribution < -0.4 is 16.0 Å². The molecular weight excluding hydrogens is 434 g/mol. The molecule has 0 aliphatic carbocycles. The Morgan fingerprint density at radius 1 is 1.12 bits per heavy atom. The van der Waals surface area contributed by atoms with Crippen LogP contribution in [0.5, 0.6) is 0 Å². The molecule has 0 saturated carbocycles. The van der Waals surface area contributed by atoms with E-state index in [2.05, 4.69) is 16.0 Å². The zero-order valence-corrected chi connectivity index (χ0v) is 18.9. The van der Waals surface area contributed by atoms with E-state index in [9.17, 15) is 14.7 Å². The number of nitrogens with zero attached hydrogens (tertiary/aromatic N) is 2. The standard InChI is InChI=1S/C25H27N5O4/c1-16(32)27-14-24(33)28-20-7-5-18(6-8-20)21-12-22(23-13-26-9-10-34-23)30-25(29-21)19-4-2-3-17(11-19)15-31/h2-8,11-12,23,26,31H,9-10,13-15H2,1H3,(H,27,32)(H,28,33). The van der Waals surface area contributed by atoms with E-state index in [-0.39, 0.29) is 31.1 Å². The van der Waals surface area contributed by atoms with E-state index in [0.29, 0.717) is 24.7 Å². The molecule has 2 aromatic carbocycles. The van der Waals surface area contributed by atoms with Crippen molar-refractivity contribution in [2.45, 2.75) is 19.6 Å². The summed E-state index contributed by atoms with van der Waals surface area (Å²) >= 11 is 0. The Morgan fingerprint density at radius 3 is 2.65 bits per heavy atom. The minimum Gasteiger partial charge on any atom is -0.392 e. The van der Waals surface area contributed by atoms with Gasteiger partial charge in [-0.1, -0.05) is 30.3 Å². The highest BCUT2D eigenvalue weighted by molar-refractivity contribution is 5.94. The van der Waals surface area contributed by atoms with Gasteiger partial charge in [0.1, 0.15) is 6.10 Å². The molecule has 1 aliphatic rings. The average molecular weight is 462 g/mol. The molecule has 3 aromatic rings. The van der Waals surface area contributed by atoms with Gasteiger partial charge in [0.2, 0.25) is 11.8 Å². The van der Waals surface area contributed by atoms with Crippen LogP contribution in [0, 0.1) is 0 Å². The van der Waals surface area contributed by atoms with Crippen LogP contribution in [0.15, 0.2) is 54.6 Å². The molecule has 1 saturated heterocycles. The molecule has 34 heavy (non-hydrogen) atoms. The van der Waals surface area contributed by atoms with E-state index in [0.717, 1.165) is 34.6 Å². The first-order valence-electron chi connectivity index (χ1n) is 11.1. The molecule has 0 spiro atoms. The number of hydrogen-bond donors (Lipinski definition) is 4. The van der Waals surface area contributed by atoms with Crippen molar-refractivity contribution in [3.63, 3.8) is 0 Å². The summed E-state index contributed by atoms with van der Waals surface area (Å²) < 4.78 is 5.92. The smallest absolute Gasteiger partial charge is 0.243 e. The van der Waals surface area contributed by atoms with Crippen molar-refractivity contribution in [3.05, 3.63) is 65.9 Å². The summed E-state index contributed by atoms with van der Waals surface area (Å²) in [6.45, 7) is 3.27. The first kappa shape index (κ1) is 23.5. The maximum atomic E-state index is 12.0. The molecule has 0 bridgehead atoms. The van der Waals surface area contributed by atoms with Crippen LogP contribution >= 0.6 is 0 Å². The number of ether oxygens (including phenoxy) is 1. The predicted molar refractivity (Wildman–Crippen MR) is 128 cm³/mol. The molecule has 9 heteroatoms. The number of morpholine rings is 1. The lowest BCUT2D eigenvalue weighted by Gasteiger charge is -2.24. The summed E-state index contributed by atoms with van der Waals surface area (Å²) in [4.78, 5) is 32.5. The number of aliphatic hydroxyl groups excluding tert-OH is 1. The fraction of sp³-hybridized carbons (Fsp3) is 0.280. The van der Waals surface area contributed by atoms with Gasteiger partial charge < -0.3 is 25.8 Å². The quantitative estimate of drug-likeness (QED) is 0.424. The molecular formula is C25H27N5O4. The van der Waals surface area contributed by atoms with Crippen LogP contribution in [0.25, 0.3) is 22.6 Å². The third kappa shape index (κ3) is 6.02. The maximum Gasteiger partial charge on any atom is 0.243 e. The van der Waals surface area contributed by atoms with Gasteiger partial charge in [-0.05, 0) is 29.8 Å². The Hall–Kier alpha value is -3.66. The van der Waals surface area contributed by atoms with Crippen molar-refractivity contribution in [1.82, 2.24) is 20.6 Å². The minimum absolute atomic E-state index is 0.0643. The third-order valence-electron chi connectivity index (χ3n) is 5.33. The van der Waals surface area contributed by atoms with Crippen LogP contribution in [0.3, 0.4) is 0 Å². The molecule has 176 valence electrons. The second kappa shape index (κ2) is 11.0. The third-order valence-corrected chi connectivity index (χ3v) is 5.33. The van der Waals surface area contributed by atoms with Crippen molar-refractivity contribution >= 4 is 17.5 Å². The number of anilines is 1. The van der Waals surface area contributed by atoms with Crippen LogP contribution in [0.4, 0.5) is 5.69 Å². The van der Waals surface area contributed by atoms with Gasteiger partial charge in [0, 0.05) is 36.8 Å². The number of nitrogens with one attached hydrogen (secondary N) is 3. The lowest BCUT2D eigenvalue weighted by molar-refractivity contribution is -0.122. The Balaban J connectivity index is 1.63. The number of rotatable bonds is 7. The zero-order valence-electron chi connectivity index (χ0n) is 18.9. The summed E-state index contributed by atoms with van der Waals surface area (Å²) in [6.07, 6.45) is -0.192. The lowest BCUT2D eigenvalue weighted by Crippen LogP contribution is -2.33. The van der Waals surface area contributed by atoms with Gasteiger partial charge in [-0.15, -0.1) is 0 Å². The molecule has 1 aliphatic heterocycles. The zero-order chi connectivity index (χ0) is 23.9. The maximum absolute atomic E-state index is 12.0. The Morgan fingerprint density at radius 2 is 1.94 bits per heavy atom. The number of aliphatic hydroxyl groups is 1. The van der Waals surface area contributed by atoms with Crippen molar-refractivity contribution < 1.29 is 19.4 Å².